The molecule has 1 amide bonds. The van der Waals surface area contributed by atoms with Crippen LogP contribution in [0.3, 0.4) is 0 Å². The molecular weight excluding hydrogens is 328 g/mol. The molecule has 2 aromatic carbocycles. The standard InChI is InChI=1S/C20H22N4O2/c1-15(12-17-6-4-5-7-19(17)26-3)23(2)20(25)16-8-10-18(11-9-16)24-13-21-22-14-24/h4-11,13-15H,12H2,1-3H3. The first-order valence-corrected chi connectivity index (χ1v) is 8.44. The molecule has 0 N–H and O–H groups in total. The second-order valence-corrected chi connectivity index (χ2v) is 6.20. The molecule has 1 aromatic heterocycles. The van der Waals surface area contributed by atoms with E-state index < -0.39 is 0 Å². The largest absolute Gasteiger partial charge is 0.496 e. The van der Waals surface area contributed by atoms with Gasteiger partial charge in [-0.3, -0.25) is 9.36 Å². The van der Waals surface area contributed by atoms with Gasteiger partial charge in [0.25, 0.3) is 5.91 Å². The first-order chi connectivity index (χ1) is 12.6. The summed E-state index contributed by atoms with van der Waals surface area (Å²) in [5.41, 5.74) is 2.65. The van der Waals surface area contributed by atoms with Gasteiger partial charge in [-0.1, -0.05) is 18.2 Å². The zero-order chi connectivity index (χ0) is 18.5. The van der Waals surface area contributed by atoms with Crippen molar-refractivity contribution in [2.24, 2.45) is 0 Å². The fraction of sp³-hybridized carbons (Fsp3) is 0.250. The van der Waals surface area contributed by atoms with E-state index in [4.69, 9.17) is 4.74 Å². The van der Waals surface area contributed by atoms with E-state index in [1.165, 1.54) is 0 Å². The van der Waals surface area contributed by atoms with Crippen LogP contribution in [0.15, 0.2) is 61.2 Å². The highest BCUT2D eigenvalue weighted by atomic mass is 16.5. The summed E-state index contributed by atoms with van der Waals surface area (Å²) in [7, 11) is 3.49. The van der Waals surface area contributed by atoms with Gasteiger partial charge in [0.05, 0.1) is 7.11 Å². The zero-order valence-corrected chi connectivity index (χ0v) is 15.2. The van der Waals surface area contributed by atoms with Crippen LogP contribution >= 0.6 is 0 Å². The molecule has 3 rings (SSSR count). The number of methoxy groups -OCH3 is 1. The lowest BCUT2D eigenvalue weighted by atomic mass is 10.0. The molecule has 26 heavy (non-hydrogen) atoms. The number of nitrogens with zero attached hydrogens (tertiary/aromatic N) is 4. The van der Waals surface area contributed by atoms with Crippen LogP contribution < -0.4 is 4.74 Å². The van der Waals surface area contributed by atoms with Crippen LogP contribution in [0.25, 0.3) is 5.69 Å². The first-order valence-electron chi connectivity index (χ1n) is 8.44. The summed E-state index contributed by atoms with van der Waals surface area (Å²) < 4.78 is 7.20. The van der Waals surface area contributed by atoms with E-state index in [2.05, 4.69) is 10.2 Å². The summed E-state index contributed by atoms with van der Waals surface area (Å²) in [5, 5.41) is 7.58. The van der Waals surface area contributed by atoms with Crippen LogP contribution in [0, 0.1) is 0 Å². The molecule has 0 saturated carbocycles. The summed E-state index contributed by atoms with van der Waals surface area (Å²) in [6.07, 6.45) is 3.97. The molecule has 1 unspecified atom stereocenters. The second kappa shape index (κ2) is 7.82. The first kappa shape index (κ1) is 17.7. The Morgan fingerprint density at radius 3 is 2.42 bits per heavy atom. The quantitative estimate of drug-likeness (QED) is 0.686. The zero-order valence-electron chi connectivity index (χ0n) is 15.2. The van der Waals surface area contributed by atoms with Crippen molar-refractivity contribution in [3.63, 3.8) is 0 Å². The number of carbonyl (C=O) groups excluding carboxylic acids is 1. The number of ether oxygens (including phenoxy) is 1. The van der Waals surface area contributed by atoms with Crippen molar-refractivity contribution in [2.75, 3.05) is 14.2 Å². The van der Waals surface area contributed by atoms with Gasteiger partial charge in [0.15, 0.2) is 0 Å². The maximum atomic E-state index is 12.8. The Balaban J connectivity index is 1.70. The number of para-hydroxylation sites is 1. The van der Waals surface area contributed by atoms with Crippen LogP contribution in [-0.2, 0) is 6.42 Å². The molecule has 6 nitrogen and oxygen atoms in total. The molecule has 0 spiro atoms. The number of rotatable bonds is 6. The molecule has 1 atom stereocenters. The molecule has 0 fully saturated rings. The topological polar surface area (TPSA) is 60.2 Å². The highest BCUT2D eigenvalue weighted by Gasteiger charge is 2.19. The summed E-state index contributed by atoms with van der Waals surface area (Å²) in [6, 6.07) is 15.3. The molecule has 134 valence electrons. The number of aromatic nitrogens is 3. The van der Waals surface area contributed by atoms with Crippen LogP contribution in [-0.4, -0.2) is 45.8 Å². The van der Waals surface area contributed by atoms with Gasteiger partial charge < -0.3 is 9.64 Å². The Morgan fingerprint density at radius 2 is 1.77 bits per heavy atom. The SMILES string of the molecule is COc1ccccc1CC(C)N(C)C(=O)c1ccc(-n2cnnc2)cc1. The van der Waals surface area contributed by atoms with Crippen molar-refractivity contribution < 1.29 is 9.53 Å². The van der Waals surface area contributed by atoms with E-state index >= 15 is 0 Å². The maximum absolute atomic E-state index is 12.8. The van der Waals surface area contributed by atoms with Gasteiger partial charge in [-0.2, -0.15) is 0 Å². The summed E-state index contributed by atoms with van der Waals surface area (Å²) in [5.74, 6) is 0.834. The molecule has 0 aliphatic heterocycles. The minimum absolute atomic E-state index is 0.0114. The fourth-order valence-electron chi connectivity index (χ4n) is 2.84. The fourth-order valence-corrected chi connectivity index (χ4v) is 2.84. The molecular formula is C20H22N4O2. The predicted octanol–water partition coefficient (Wildman–Crippen LogP) is 2.98. The minimum Gasteiger partial charge on any atom is -0.496 e. The van der Waals surface area contributed by atoms with Crippen molar-refractivity contribution in [3.05, 3.63) is 72.3 Å². The summed E-state index contributed by atoms with van der Waals surface area (Å²) >= 11 is 0. The third kappa shape index (κ3) is 3.74. The second-order valence-electron chi connectivity index (χ2n) is 6.20. The number of carbonyl (C=O) groups is 1. The number of hydrogen-bond acceptors (Lipinski definition) is 4. The van der Waals surface area contributed by atoms with Crippen molar-refractivity contribution in [1.82, 2.24) is 19.7 Å². The molecule has 0 radical (unpaired) electrons. The van der Waals surface area contributed by atoms with Crippen molar-refractivity contribution in [1.29, 1.82) is 0 Å². The van der Waals surface area contributed by atoms with E-state index in [-0.39, 0.29) is 11.9 Å². The van der Waals surface area contributed by atoms with Crippen LogP contribution in [0.5, 0.6) is 5.75 Å². The Hall–Kier alpha value is -3.15. The van der Waals surface area contributed by atoms with Gasteiger partial charge in [-0.15, -0.1) is 10.2 Å². The summed E-state index contributed by atoms with van der Waals surface area (Å²) in [6.45, 7) is 2.04. The molecule has 0 aliphatic rings. The van der Waals surface area contributed by atoms with Crippen LogP contribution in [0.4, 0.5) is 0 Å². The maximum Gasteiger partial charge on any atom is 0.253 e. The Morgan fingerprint density at radius 1 is 1.12 bits per heavy atom. The van der Waals surface area contributed by atoms with Gasteiger partial charge in [0, 0.05) is 24.3 Å². The molecule has 3 aromatic rings. The smallest absolute Gasteiger partial charge is 0.253 e. The molecule has 0 bridgehead atoms. The van der Waals surface area contributed by atoms with Gasteiger partial charge in [-0.25, -0.2) is 0 Å². The molecule has 0 aliphatic carbocycles. The van der Waals surface area contributed by atoms with Gasteiger partial charge in [-0.05, 0) is 49.2 Å². The van der Waals surface area contributed by atoms with E-state index in [1.807, 2.05) is 62.5 Å². The van der Waals surface area contributed by atoms with Crippen molar-refractivity contribution >= 4 is 5.91 Å². The number of amides is 1. The summed E-state index contributed by atoms with van der Waals surface area (Å²) in [4.78, 5) is 14.6. The Labute approximate surface area is 153 Å². The van der Waals surface area contributed by atoms with E-state index in [9.17, 15) is 4.79 Å². The van der Waals surface area contributed by atoms with E-state index in [0.717, 1.165) is 23.4 Å². The normalized spacial score (nSPS) is 11.8. The predicted molar refractivity (Wildman–Crippen MR) is 99.6 cm³/mol. The average Bonchev–Trinajstić information content (AvgIpc) is 3.22. The van der Waals surface area contributed by atoms with E-state index in [1.54, 1.807) is 29.2 Å². The Bertz CT molecular complexity index is 860. The van der Waals surface area contributed by atoms with Crippen molar-refractivity contribution in [3.8, 4) is 11.4 Å². The lowest BCUT2D eigenvalue weighted by Gasteiger charge is -2.26. The minimum atomic E-state index is -0.0114. The lowest BCUT2D eigenvalue weighted by molar-refractivity contribution is 0.0743. The number of hydrogen-bond donors (Lipinski definition) is 0. The van der Waals surface area contributed by atoms with Gasteiger partial charge in [0.2, 0.25) is 0 Å². The highest BCUT2D eigenvalue weighted by molar-refractivity contribution is 5.94. The highest BCUT2D eigenvalue weighted by Crippen LogP contribution is 2.21. The van der Waals surface area contributed by atoms with Gasteiger partial charge in [0.1, 0.15) is 18.4 Å². The van der Waals surface area contributed by atoms with Crippen LogP contribution in [0.2, 0.25) is 0 Å². The van der Waals surface area contributed by atoms with E-state index in [0.29, 0.717) is 5.56 Å². The number of benzene rings is 2. The van der Waals surface area contributed by atoms with Crippen molar-refractivity contribution in [2.45, 2.75) is 19.4 Å². The third-order valence-corrected chi connectivity index (χ3v) is 4.52. The monoisotopic (exact) mass is 350 g/mol. The number of likely N-dealkylation sites (N-methyl/N-ethyl adjacent to an activating group) is 1. The van der Waals surface area contributed by atoms with Gasteiger partial charge >= 0.3 is 0 Å². The van der Waals surface area contributed by atoms with Crippen LogP contribution in [0.1, 0.15) is 22.8 Å². The molecule has 0 saturated heterocycles. The third-order valence-electron chi connectivity index (χ3n) is 4.52. The molecule has 1 heterocycles. The molecule has 6 heteroatoms. The lowest BCUT2D eigenvalue weighted by Crippen LogP contribution is -2.36. The average molecular weight is 350 g/mol. The Kier molecular flexibility index (Phi) is 5.31.